The van der Waals surface area contributed by atoms with E-state index < -0.39 is 6.10 Å². The van der Waals surface area contributed by atoms with E-state index in [9.17, 15) is 9.90 Å². The molecule has 1 atom stereocenters. The lowest BCUT2D eigenvalue weighted by atomic mass is 10.1. The van der Waals surface area contributed by atoms with Crippen LogP contribution in [0.3, 0.4) is 0 Å². The summed E-state index contributed by atoms with van der Waals surface area (Å²) in [6.07, 6.45) is -0.267. The van der Waals surface area contributed by atoms with E-state index in [2.05, 4.69) is 5.32 Å². The summed E-state index contributed by atoms with van der Waals surface area (Å²) in [5.41, 5.74) is 7.64. The van der Waals surface area contributed by atoms with Gasteiger partial charge in [-0.15, -0.1) is 0 Å². The summed E-state index contributed by atoms with van der Waals surface area (Å²) < 4.78 is 0. The van der Waals surface area contributed by atoms with Crippen LogP contribution in [-0.2, 0) is 0 Å². The highest BCUT2D eigenvalue weighted by Crippen LogP contribution is 2.15. The van der Waals surface area contributed by atoms with E-state index in [1.54, 1.807) is 48.5 Å². The Labute approximate surface area is 134 Å². The molecule has 0 heterocycles. The smallest absolute Gasteiger partial charge is 0.164 e. The summed E-state index contributed by atoms with van der Waals surface area (Å²) in [6.45, 7) is 0.879. The number of aliphatic hydroxyl groups excluding tert-OH is 1. The third-order valence-corrected chi connectivity index (χ3v) is 3.58. The zero-order valence-corrected chi connectivity index (χ0v) is 12.9. The highest BCUT2D eigenvalue weighted by molar-refractivity contribution is 6.30. The number of aliphatic hydroxyl groups is 1. The number of carbonyl (C=O) groups is 1. The Kier molecular flexibility index (Phi) is 5.95. The molecule has 0 aliphatic heterocycles. The van der Waals surface area contributed by atoms with Crippen molar-refractivity contribution in [1.29, 1.82) is 0 Å². The third kappa shape index (κ3) is 4.84. The van der Waals surface area contributed by atoms with Crippen molar-refractivity contribution in [3.05, 3.63) is 64.7 Å². The Balaban J connectivity index is 1.75. The molecule has 0 aliphatic rings. The van der Waals surface area contributed by atoms with Crippen molar-refractivity contribution in [2.45, 2.75) is 12.5 Å². The molecule has 4 nitrogen and oxygen atoms in total. The van der Waals surface area contributed by atoms with Crippen LogP contribution in [0.4, 0.5) is 5.69 Å². The van der Waals surface area contributed by atoms with E-state index in [0.29, 0.717) is 35.8 Å². The molecule has 0 aliphatic carbocycles. The number of benzene rings is 2. The van der Waals surface area contributed by atoms with Crippen LogP contribution in [-0.4, -0.2) is 24.0 Å². The van der Waals surface area contributed by atoms with E-state index in [1.165, 1.54) is 0 Å². The number of hydrogen-bond acceptors (Lipinski definition) is 4. The highest BCUT2D eigenvalue weighted by Gasteiger charge is 2.08. The fourth-order valence-electron chi connectivity index (χ4n) is 2.10. The first-order valence-corrected chi connectivity index (χ1v) is 7.47. The second kappa shape index (κ2) is 7.94. The SMILES string of the molecule is Nc1cccc(C(=O)CCNCC(O)c2ccc(Cl)cc2)c1. The first-order chi connectivity index (χ1) is 10.6. The topological polar surface area (TPSA) is 75.4 Å². The molecule has 0 radical (unpaired) electrons. The first kappa shape index (κ1) is 16.5. The predicted molar refractivity (Wildman–Crippen MR) is 89.1 cm³/mol. The minimum absolute atomic E-state index is 0.0285. The molecule has 22 heavy (non-hydrogen) atoms. The van der Waals surface area contributed by atoms with E-state index in [4.69, 9.17) is 17.3 Å². The van der Waals surface area contributed by atoms with Crippen molar-refractivity contribution in [2.75, 3.05) is 18.8 Å². The number of nitrogen functional groups attached to an aromatic ring is 1. The van der Waals surface area contributed by atoms with Gasteiger partial charge in [-0.25, -0.2) is 0 Å². The van der Waals surface area contributed by atoms with Gasteiger partial charge in [0.15, 0.2) is 5.78 Å². The average Bonchev–Trinajstić information content (AvgIpc) is 2.51. The van der Waals surface area contributed by atoms with E-state index in [1.807, 2.05) is 0 Å². The lowest BCUT2D eigenvalue weighted by Crippen LogP contribution is -2.24. The molecule has 0 spiro atoms. The fourth-order valence-corrected chi connectivity index (χ4v) is 2.23. The van der Waals surface area contributed by atoms with Crippen LogP contribution < -0.4 is 11.1 Å². The van der Waals surface area contributed by atoms with E-state index in [-0.39, 0.29) is 5.78 Å². The number of nitrogens with one attached hydrogen (secondary N) is 1. The minimum atomic E-state index is -0.625. The Morgan fingerprint density at radius 1 is 1.23 bits per heavy atom. The molecule has 0 amide bonds. The first-order valence-electron chi connectivity index (χ1n) is 7.09. The van der Waals surface area contributed by atoms with Crippen LogP contribution in [0.15, 0.2) is 48.5 Å². The van der Waals surface area contributed by atoms with Crippen molar-refractivity contribution < 1.29 is 9.90 Å². The van der Waals surface area contributed by atoms with Crippen molar-refractivity contribution in [1.82, 2.24) is 5.32 Å². The zero-order valence-electron chi connectivity index (χ0n) is 12.1. The van der Waals surface area contributed by atoms with Gasteiger partial charge in [0, 0.05) is 35.8 Å². The lowest BCUT2D eigenvalue weighted by molar-refractivity contribution is 0.0979. The summed E-state index contributed by atoms with van der Waals surface area (Å²) in [7, 11) is 0. The molecular formula is C17H19ClN2O2. The number of carbonyl (C=O) groups excluding carboxylic acids is 1. The summed E-state index contributed by atoms with van der Waals surface area (Å²) in [6, 6.07) is 14.0. The van der Waals surface area contributed by atoms with Gasteiger partial charge in [-0.3, -0.25) is 4.79 Å². The molecule has 4 N–H and O–H groups in total. The number of anilines is 1. The van der Waals surface area contributed by atoms with Crippen molar-refractivity contribution in [3.8, 4) is 0 Å². The van der Waals surface area contributed by atoms with Gasteiger partial charge in [0.1, 0.15) is 0 Å². The lowest BCUT2D eigenvalue weighted by Gasteiger charge is -2.12. The van der Waals surface area contributed by atoms with Gasteiger partial charge in [-0.2, -0.15) is 0 Å². The van der Waals surface area contributed by atoms with E-state index >= 15 is 0 Å². The van der Waals surface area contributed by atoms with Gasteiger partial charge in [0.25, 0.3) is 0 Å². The number of Topliss-reactive ketones (excluding diaryl/α,β-unsaturated/α-hetero) is 1. The molecule has 2 rings (SSSR count). The summed E-state index contributed by atoms with van der Waals surface area (Å²) in [5, 5.41) is 13.7. The molecule has 0 bridgehead atoms. The molecular weight excluding hydrogens is 300 g/mol. The summed E-state index contributed by atoms with van der Waals surface area (Å²) >= 11 is 5.80. The van der Waals surface area contributed by atoms with Crippen molar-refractivity contribution >= 4 is 23.1 Å². The average molecular weight is 319 g/mol. The number of ketones is 1. The van der Waals surface area contributed by atoms with Crippen molar-refractivity contribution in [3.63, 3.8) is 0 Å². The number of nitrogens with two attached hydrogens (primary N) is 1. The number of hydrogen-bond donors (Lipinski definition) is 3. The highest BCUT2D eigenvalue weighted by atomic mass is 35.5. The Morgan fingerprint density at radius 2 is 1.95 bits per heavy atom. The van der Waals surface area contributed by atoms with Crippen LogP contribution in [0.25, 0.3) is 0 Å². The standard InChI is InChI=1S/C17H19ClN2O2/c18-14-6-4-12(5-7-14)17(22)11-20-9-8-16(21)13-2-1-3-15(19)10-13/h1-7,10,17,20,22H,8-9,11,19H2. The second-order valence-electron chi connectivity index (χ2n) is 5.07. The molecule has 5 heteroatoms. The largest absolute Gasteiger partial charge is 0.399 e. The molecule has 0 saturated carbocycles. The van der Waals surface area contributed by atoms with Gasteiger partial charge in [0.05, 0.1) is 6.10 Å². The Hall–Kier alpha value is -1.88. The van der Waals surface area contributed by atoms with Gasteiger partial charge in [0.2, 0.25) is 0 Å². The second-order valence-corrected chi connectivity index (χ2v) is 5.51. The quantitative estimate of drug-likeness (QED) is 0.417. The van der Waals surface area contributed by atoms with Gasteiger partial charge >= 0.3 is 0 Å². The molecule has 2 aromatic rings. The summed E-state index contributed by atoms with van der Waals surface area (Å²) in [5.74, 6) is 0.0285. The molecule has 1 unspecified atom stereocenters. The molecule has 0 saturated heterocycles. The maximum absolute atomic E-state index is 12.0. The normalized spacial score (nSPS) is 12.1. The fraction of sp³-hybridized carbons (Fsp3) is 0.235. The third-order valence-electron chi connectivity index (χ3n) is 3.33. The van der Waals surface area contributed by atoms with Crippen molar-refractivity contribution in [2.24, 2.45) is 0 Å². The molecule has 0 aromatic heterocycles. The zero-order chi connectivity index (χ0) is 15.9. The number of halogens is 1. The maximum Gasteiger partial charge on any atom is 0.164 e. The monoisotopic (exact) mass is 318 g/mol. The van der Waals surface area contributed by atoms with Crippen LogP contribution in [0.2, 0.25) is 5.02 Å². The van der Waals surface area contributed by atoms with Crippen LogP contribution in [0.5, 0.6) is 0 Å². The summed E-state index contributed by atoms with van der Waals surface area (Å²) in [4.78, 5) is 12.0. The molecule has 0 fully saturated rings. The van der Waals surface area contributed by atoms with Crippen LogP contribution in [0.1, 0.15) is 28.4 Å². The maximum atomic E-state index is 12.0. The van der Waals surface area contributed by atoms with Crippen LogP contribution in [0, 0.1) is 0 Å². The number of rotatable bonds is 7. The minimum Gasteiger partial charge on any atom is -0.399 e. The van der Waals surface area contributed by atoms with E-state index in [0.717, 1.165) is 5.56 Å². The van der Waals surface area contributed by atoms with Crippen LogP contribution >= 0.6 is 11.6 Å². The predicted octanol–water partition coefficient (Wildman–Crippen LogP) is 2.82. The molecule has 2 aromatic carbocycles. The Morgan fingerprint density at radius 3 is 2.64 bits per heavy atom. The van der Waals surface area contributed by atoms with Gasteiger partial charge in [-0.05, 0) is 29.8 Å². The van der Waals surface area contributed by atoms with Gasteiger partial charge < -0.3 is 16.2 Å². The van der Waals surface area contributed by atoms with Gasteiger partial charge in [-0.1, -0.05) is 35.9 Å². The molecule has 116 valence electrons. The Bertz CT molecular complexity index is 629.